The molecule has 1 saturated heterocycles. The molecule has 2 rings (SSSR count). The van der Waals surface area contributed by atoms with Crippen molar-refractivity contribution in [2.75, 3.05) is 39.8 Å². The second-order valence-corrected chi connectivity index (χ2v) is 6.16. The summed E-state index contributed by atoms with van der Waals surface area (Å²) in [6, 6.07) is 7.46. The Bertz CT molecular complexity index is 481. The van der Waals surface area contributed by atoms with E-state index < -0.39 is 0 Å². The van der Waals surface area contributed by atoms with Crippen LogP contribution >= 0.6 is 11.6 Å². The summed E-state index contributed by atoms with van der Waals surface area (Å²) >= 11 is 5.86. The van der Waals surface area contributed by atoms with E-state index in [1.807, 2.05) is 31.2 Å². The Hall–Kier alpha value is -1.14. The molecule has 0 aromatic heterocycles. The van der Waals surface area contributed by atoms with Crippen molar-refractivity contribution in [2.45, 2.75) is 19.1 Å². The minimum Gasteiger partial charge on any atom is -0.374 e. The quantitative estimate of drug-likeness (QED) is 0.831. The van der Waals surface area contributed by atoms with E-state index in [9.17, 15) is 4.79 Å². The smallest absolute Gasteiger partial charge is 0.234 e. The highest BCUT2D eigenvalue weighted by molar-refractivity contribution is 6.30. The molecule has 0 spiro atoms. The second-order valence-electron chi connectivity index (χ2n) is 5.73. The zero-order chi connectivity index (χ0) is 15.9. The molecule has 1 aromatic carbocycles. The van der Waals surface area contributed by atoms with Crippen LogP contribution in [0.5, 0.6) is 0 Å². The summed E-state index contributed by atoms with van der Waals surface area (Å²) in [5.41, 5.74) is 1.04. The molecule has 6 heteroatoms. The molecule has 122 valence electrons. The summed E-state index contributed by atoms with van der Waals surface area (Å²) in [7, 11) is 2.08. The van der Waals surface area contributed by atoms with Crippen molar-refractivity contribution in [2.24, 2.45) is 0 Å². The molecule has 2 N–H and O–H groups in total. The maximum atomic E-state index is 11.9. The van der Waals surface area contributed by atoms with Crippen molar-refractivity contribution in [3.05, 3.63) is 34.9 Å². The molecule has 0 bridgehead atoms. The Balaban J connectivity index is 1.68. The van der Waals surface area contributed by atoms with Gasteiger partial charge >= 0.3 is 0 Å². The van der Waals surface area contributed by atoms with Crippen LogP contribution in [0.3, 0.4) is 0 Å². The molecule has 0 radical (unpaired) electrons. The van der Waals surface area contributed by atoms with Crippen LogP contribution in [0.15, 0.2) is 24.3 Å². The maximum Gasteiger partial charge on any atom is 0.234 e. The Morgan fingerprint density at radius 2 is 2.18 bits per heavy atom. The number of carbonyl (C=O) groups excluding carboxylic acids is 1. The van der Waals surface area contributed by atoms with Gasteiger partial charge in [-0.1, -0.05) is 23.7 Å². The number of benzene rings is 1. The predicted octanol–water partition coefficient (Wildman–Crippen LogP) is 1.44. The van der Waals surface area contributed by atoms with Crippen molar-refractivity contribution in [3.8, 4) is 0 Å². The average molecular weight is 326 g/mol. The molecule has 1 aliphatic heterocycles. The van der Waals surface area contributed by atoms with Gasteiger partial charge < -0.3 is 20.3 Å². The fourth-order valence-electron chi connectivity index (χ4n) is 2.46. The van der Waals surface area contributed by atoms with Gasteiger partial charge in [0.25, 0.3) is 0 Å². The molecular weight excluding hydrogens is 302 g/mol. The number of halogens is 1. The summed E-state index contributed by atoms with van der Waals surface area (Å²) in [5.74, 6) is -0.0217. The van der Waals surface area contributed by atoms with Crippen LogP contribution < -0.4 is 10.6 Å². The topological polar surface area (TPSA) is 53.6 Å². The lowest BCUT2D eigenvalue weighted by molar-refractivity contribution is -0.121. The van der Waals surface area contributed by atoms with Crippen molar-refractivity contribution in [1.82, 2.24) is 15.5 Å². The van der Waals surface area contributed by atoms with E-state index in [4.69, 9.17) is 16.3 Å². The van der Waals surface area contributed by atoms with E-state index >= 15 is 0 Å². The molecule has 1 amide bonds. The van der Waals surface area contributed by atoms with Crippen LogP contribution in [0.1, 0.15) is 18.5 Å². The van der Waals surface area contributed by atoms with Crippen molar-refractivity contribution >= 4 is 17.5 Å². The first kappa shape index (κ1) is 17.2. The van der Waals surface area contributed by atoms with Gasteiger partial charge in [-0.05, 0) is 31.7 Å². The van der Waals surface area contributed by atoms with Gasteiger partial charge in [-0.3, -0.25) is 4.79 Å². The zero-order valence-electron chi connectivity index (χ0n) is 13.1. The van der Waals surface area contributed by atoms with E-state index in [2.05, 4.69) is 22.6 Å². The van der Waals surface area contributed by atoms with Gasteiger partial charge in [-0.25, -0.2) is 0 Å². The number of morpholine rings is 1. The Kier molecular flexibility index (Phi) is 6.64. The molecule has 5 nitrogen and oxygen atoms in total. The second kappa shape index (κ2) is 8.48. The van der Waals surface area contributed by atoms with Crippen molar-refractivity contribution in [1.29, 1.82) is 0 Å². The molecule has 1 fully saturated rings. The molecule has 0 aliphatic carbocycles. The van der Waals surface area contributed by atoms with Gasteiger partial charge in [0.15, 0.2) is 0 Å². The molecule has 2 atom stereocenters. The molecule has 1 aromatic rings. The van der Waals surface area contributed by atoms with Crippen LogP contribution in [-0.2, 0) is 9.53 Å². The highest BCUT2D eigenvalue weighted by Crippen LogP contribution is 2.15. The number of nitrogens with zero attached hydrogens (tertiary/aromatic N) is 1. The monoisotopic (exact) mass is 325 g/mol. The first-order valence-corrected chi connectivity index (χ1v) is 7.98. The van der Waals surface area contributed by atoms with Crippen molar-refractivity contribution < 1.29 is 9.53 Å². The number of hydrogen-bond acceptors (Lipinski definition) is 4. The fraction of sp³-hybridized carbons (Fsp3) is 0.562. The molecular formula is C16H24ClN3O2. The third-order valence-electron chi connectivity index (χ3n) is 3.75. The highest BCUT2D eigenvalue weighted by atomic mass is 35.5. The van der Waals surface area contributed by atoms with Crippen LogP contribution in [0.4, 0.5) is 0 Å². The number of hydrogen-bond donors (Lipinski definition) is 2. The summed E-state index contributed by atoms with van der Waals surface area (Å²) in [4.78, 5) is 14.2. The van der Waals surface area contributed by atoms with E-state index in [-0.39, 0.29) is 18.1 Å². The molecule has 22 heavy (non-hydrogen) atoms. The Morgan fingerprint density at radius 3 is 2.86 bits per heavy atom. The van der Waals surface area contributed by atoms with Crippen LogP contribution in [0, 0.1) is 0 Å². The number of ether oxygens (including phenoxy) is 1. The Morgan fingerprint density at radius 1 is 1.45 bits per heavy atom. The summed E-state index contributed by atoms with van der Waals surface area (Å²) in [6.45, 7) is 5.56. The number of nitrogens with one attached hydrogen (secondary N) is 2. The van der Waals surface area contributed by atoms with Crippen LogP contribution in [0.25, 0.3) is 0 Å². The van der Waals surface area contributed by atoms with Crippen LogP contribution in [-0.4, -0.2) is 56.7 Å². The average Bonchev–Trinajstić information content (AvgIpc) is 2.48. The molecule has 1 heterocycles. The normalized spacial score (nSPS) is 20.6. The lowest BCUT2D eigenvalue weighted by atomic mass is 10.1. The lowest BCUT2D eigenvalue weighted by Crippen LogP contribution is -2.46. The molecule has 0 unspecified atom stereocenters. The van der Waals surface area contributed by atoms with Gasteiger partial charge in [-0.15, -0.1) is 0 Å². The van der Waals surface area contributed by atoms with Gasteiger partial charge in [0.1, 0.15) is 0 Å². The van der Waals surface area contributed by atoms with Gasteiger partial charge in [0.05, 0.1) is 25.3 Å². The number of amides is 1. The first-order valence-electron chi connectivity index (χ1n) is 7.60. The summed E-state index contributed by atoms with van der Waals surface area (Å²) in [5, 5.41) is 6.82. The number of carbonyl (C=O) groups is 1. The zero-order valence-corrected chi connectivity index (χ0v) is 13.9. The fourth-order valence-corrected chi connectivity index (χ4v) is 2.59. The van der Waals surface area contributed by atoms with E-state index in [1.165, 1.54) is 0 Å². The van der Waals surface area contributed by atoms with E-state index in [0.29, 0.717) is 18.1 Å². The lowest BCUT2D eigenvalue weighted by Gasteiger charge is -2.30. The van der Waals surface area contributed by atoms with Crippen LogP contribution in [0.2, 0.25) is 5.02 Å². The number of rotatable bonds is 6. The summed E-state index contributed by atoms with van der Waals surface area (Å²) < 4.78 is 5.64. The van der Waals surface area contributed by atoms with E-state index in [1.54, 1.807) is 0 Å². The largest absolute Gasteiger partial charge is 0.374 e. The van der Waals surface area contributed by atoms with Crippen molar-refractivity contribution in [3.63, 3.8) is 0 Å². The van der Waals surface area contributed by atoms with E-state index in [0.717, 1.165) is 25.3 Å². The minimum absolute atomic E-state index is 0.0217. The minimum atomic E-state index is -0.0383. The number of likely N-dealkylation sites (N-methyl/N-ethyl adjacent to an activating group) is 1. The van der Waals surface area contributed by atoms with Gasteiger partial charge in [-0.2, -0.15) is 0 Å². The third kappa shape index (κ3) is 5.57. The predicted molar refractivity (Wildman–Crippen MR) is 88.1 cm³/mol. The van der Waals surface area contributed by atoms with Gasteiger partial charge in [0, 0.05) is 24.7 Å². The van der Waals surface area contributed by atoms with Gasteiger partial charge in [0.2, 0.25) is 5.91 Å². The SMILES string of the molecule is C[C@@H](NC(=O)CNC[C@H]1CN(C)CCO1)c1ccc(Cl)cc1. The standard InChI is InChI=1S/C16H24ClN3O2/c1-12(13-3-5-14(17)6-4-13)19-16(21)10-18-9-15-11-20(2)7-8-22-15/h3-6,12,15,18H,7-11H2,1-2H3,(H,19,21)/t12-,15+/m1/s1. The maximum absolute atomic E-state index is 11.9. The first-order chi connectivity index (χ1) is 10.5. The molecule has 0 saturated carbocycles. The Labute approximate surface area is 137 Å². The summed E-state index contributed by atoms with van der Waals surface area (Å²) in [6.07, 6.45) is 0.153. The molecule has 1 aliphatic rings. The highest BCUT2D eigenvalue weighted by Gasteiger charge is 2.17. The third-order valence-corrected chi connectivity index (χ3v) is 4.00.